The highest BCUT2D eigenvalue weighted by Gasteiger charge is 2.23. The van der Waals surface area contributed by atoms with Crippen molar-refractivity contribution in [1.29, 1.82) is 0 Å². The third-order valence-electron chi connectivity index (χ3n) is 2.78. The van der Waals surface area contributed by atoms with Gasteiger partial charge in [-0.3, -0.25) is 4.68 Å². The van der Waals surface area contributed by atoms with Gasteiger partial charge in [-0.15, -0.1) is 0 Å². The van der Waals surface area contributed by atoms with Crippen LogP contribution < -0.4 is 5.73 Å². The summed E-state index contributed by atoms with van der Waals surface area (Å²) >= 11 is 0. The molecule has 4 nitrogen and oxygen atoms in total. The highest BCUT2D eigenvalue weighted by molar-refractivity contribution is 5.46. The van der Waals surface area contributed by atoms with Crippen molar-refractivity contribution in [3.63, 3.8) is 0 Å². The van der Waals surface area contributed by atoms with Crippen LogP contribution in [0.5, 0.6) is 0 Å². The number of anilines is 1. The van der Waals surface area contributed by atoms with Gasteiger partial charge in [0.15, 0.2) is 0 Å². The summed E-state index contributed by atoms with van der Waals surface area (Å²) in [4.78, 5) is 0. The summed E-state index contributed by atoms with van der Waals surface area (Å²) < 4.78 is 1.78. The van der Waals surface area contributed by atoms with E-state index in [2.05, 4.69) is 5.10 Å². The van der Waals surface area contributed by atoms with Crippen molar-refractivity contribution in [2.45, 2.75) is 47.3 Å². The van der Waals surface area contributed by atoms with Crippen LogP contribution in [0.2, 0.25) is 0 Å². The smallest absolute Gasteiger partial charge is 0.0825 e. The molecule has 0 fully saturated rings. The van der Waals surface area contributed by atoms with Gasteiger partial charge in [-0.25, -0.2) is 0 Å². The van der Waals surface area contributed by atoms with Crippen molar-refractivity contribution in [2.24, 2.45) is 5.41 Å². The van der Waals surface area contributed by atoms with Crippen LogP contribution in [0.1, 0.15) is 32.2 Å². The second-order valence-corrected chi connectivity index (χ2v) is 5.15. The van der Waals surface area contributed by atoms with Gasteiger partial charge in [-0.1, -0.05) is 20.8 Å². The van der Waals surface area contributed by atoms with Crippen LogP contribution >= 0.6 is 0 Å². The number of aromatic nitrogens is 2. The summed E-state index contributed by atoms with van der Waals surface area (Å²) in [5, 5.41) is 14.3. The highest BCUT2D eigenvalue weighted by atomic mass is 16.3. The molecule has 1 aromatic heterocycles. The first-order chi connectivity index (χ1) is 6.73. The van der Waals surface area contributed by atoms with Gasteiger partial charge >= 0.3 is 0 Å². The third kappa shape index (κ3) is 2.50. The van der Waals surface area contributed by atoms with E-state index >= 15 is 0 Å². The van der Waals surface area contributed by atoms with Gasteiger partial charge in [0, 0.05) is 0 Å². The number of nitrogens with two attached hydrogens (primary N) is 1. The van der Waals surface area contributed by atoms with E-state index in [1.54, 1.807) is 4.68 Å². The van der Waals surface area contributed by atoms with Crippen molar-refractivity contribution in [3.8, 4) is 0 Å². The van der Waals surface area contributed by atoms with Crippen LogP contribution in [-0.2, 0) is 6.54 Å². The molecule has 15 heavy (non-hydrogen) atoms. The number of hydrogen-bond donors (Lipinski definition) is 2. The number of hydrogen-bond acceptors (Lipinski definition) is 3. The van der Waals surface area contributed by atoms with Crippen LogP contribution in [0, 0.1) is 19.3 Å². The largest absolute Gasteiger partial charge is 0.396 e. The molecule has 0 aliphatic heterocycles. The van der Waals surface area contributed by atoms with Crippen LogP contribution in [0.25, 0.3) is 0 Å². The van der Waals surface area contributed by atoms with Crippen molar-refractivity contribution in [1.82, 2.24) is 9.78 Å². The zero-order chi connectivity index (χ0) is 11.8. The molecule has 0 aliphatic carbocycles. The Morgan fingerprint density at radius 1 is 1.40 bits per heavy atom. The lowest BCUT2D eigenvalue weighted by molar-refractivity contribution is 0.0445. The Balaban J connectivity index is 2.86. The molecule has 0 saturated carbocycles. The number of nitrogens with zero attached hydrogens (tertiary/aromatic N) is 2. The van der Waals surface area contributed by atoms with Gasteiger partial charge in [0.25, 0.3) is 0 Å². The summed E-state index contributed by atoms with van der Waals surface area (Å²) in [6.45, 7) is 10.3. The second-order valence-electron chi connectivity index (χ2n) is 5.15. The van der Waals surface area contributed by atoms with E-state index in [4.69, 9.17) is 5.73 Å². The van der Waals surface area contributed by atoms with E-state index in [1.165, 1.54) is 0 Å². The third-order valence-corrected chi connectivity index (χ3v) is 2.78. The number of aryl methyl sites for hydroxylation is 1. The fourth-order valence-electron chi connectivity index (χ4n) is 1.33. The molecule has 3 N–H and O–H groups in total. The summed E-state index contributed by atoms with van der Waals surface area (Å²) in [5.41, 5.74) is 8.16. The molecule has 1 rings (SSSR count). The number of rotatable bonds is 2. The maximum absolute atomic E-state index is 9.96. The quantitative estimate of drug-likeness (QED) is 0.779. The molecule has 0 amide bonds. The first-order valence-corrected chi connectivity index (χ1v) is 5.21. The van der Waals surface area contributed by atoms with E-state index in [0.717, 1.165) is 17.1 Å². The Bertz CT molecular complexity index is 349. The minimum atomic E-state index is -0.421. The maximum atomic E-state index is 9.96. The molecule has 0 aliphatic rings. The Hall–Kier alpha value is -1.03. The van der Waals surface area contributed by atoms with Crippen LogP contribution in [0.3, 0.4) is 0 Å². The molecular weight excluding hydrogens is 190 g/mol. The Morgan fingerprint density at radius 2 is 1.93 bits per heavy atom. The fourth-order valence-corrected chi connectivity index (χ4v) is 1.33. The highest BCUT2D eigenvalue weighted by Crippen LogP contribution is 2.22. The zero-order valence-corrected chi connectivity index (χ0v) is 10.2. The summed E-state index contributed by atoms with van der Waals surface area (Å²) in [7, 11) is 0. The average Bonchev–Trinajstić information content (AvgIpc) is 2.32. The maximum Gasteiger partial charge on any atom is 0.0825 e. The minimum Gasteiger partial charge on any atom is -0.396 e. The lowest BCUT2D eigenvalue weighted by Crippen LogP contribution is -2.31. The summed E-state index contributed by atoms with van der Waals surface area (Å²) in [5.74, 6) is 0. The molecule has 1 unspecified atom stereocenters. The lowest BCUT2D eigenvalue weighted by atomic mass is 9.89. The van der Waals surface area contributed by atoms with E-state index in [0.29, 0.717) is 6.54 Å². The Labute approximate surface area is 91.1 Å². The zero-order valence-electron chi connectivity index (χ0n) is 10.2. The summed E-state index contributed by atoms with van der Waals surface area (Å²) in [6.07, 6.45) is -0.421. The van der Waals surface area contributed by atoms with Gasteiger partial charge in [-0.05, 0) is 19.3 Å². The minimum absolute atomic E-state index is 0.138. The first kappa shape index (κ1) is 12.0. The number of aliphatic hydroxyl groups excluding tert-OH is 1. The molecule has 1 atom stereocenters. The average molecular weight is 211 g/mol. The molecule has 1 heterocycles. The van der Waals surface area contributed by atoms with Crippen molar-refractivity contribution in [2.75, 3.05) is 5.73 Å². The predicted octanol–water partition coefficient (Wildman–Crippen LogP) is 1.49. The van der Waals surface area contributed by atoms with Crippen molar-refractivity contribution >= 4 is 5.69 Å². The second kappa shape index (κ2) is 3.85. The first-order valence-electron chi connectivity index (χ1n) is 5.21. The Kier molecular flexibility index (Phi) is 3.09. The number of aliphatic hydroxyl groups is 1. The normalized spacial score (nSPS) is 14.3. The predicted molar refractivity (Wildman–Crippen MR) is 61.6 cm³/mol. The van der Waals surface area contributed by atoms with Crippen LogP contribution in [0.15, 0.2) is 0 Å². The molecular formula is C11H21N3O. The monoisotopic (exact) mass is 211 g/mol. The molecule has 1 aromatic rings. The lowest BCUT2D eigenvalue weighted by Gasteiger charge is -2.26. The van der Waals surface area contributed by atoms with E-state index in [-0.39, 0.29) is 5.41 Å². The van der Waals surface area contributed by atoms with E-state index < -0.39 is 6.10 Å². The van der Waals surface area contributed by atoms with Crippen LogP contribution in [0.4, 0.5) is 5.69 Å². The van der Waals surface area contributed by atoms with Gasteiger partial charge in [-0.2, -0.15) is 5.10 Å². The molecule has 4 heteroatoms. The van der Waals surface area contributed by atoms with Crippen molar-refractivity contribution < 1.29 is 5.11 Å². The number of nitrogen functional groups attached to an aromatic ring is 1. The molecule has 0 saturated heterocycles. The van der Waals surface area contributed by atoms with E-state index in [1.807, 2.05) is 34.6 Å². The molecule has 0 aromatic carbocycles. The summed E-state index contributed by atoms with van der Waals surface area (Å²) in [6, 6.07) is 0. The topological polar surface area (TPSA) is 64.1 Å². The van der Waals surface area contributed by atoms with E-state index in [9.17, 15) is 5.11 Å². The molecule has 0 bridgehead atoms. The van der Waals surface area contributed by atoms with Crippen LogP contribution in [-0.4, -0.2) is 21.0 Å². The van der Waals surface area contributed by atoms with Crippen molar-refractivity contribution in [3.05, 3.63) is 11.4 Å². The molecule has 0 radical (unpaired) electrons. The van der Waals surface area contributed by atoms with Gasteiger partial charge in [0.1, 0.15) is 0 Å². The molecule has 86 valence electrons. The standard InChI is InChI=1S/C11H21N3O/c1-7-10(12)8(2)14(13-7)6-9(15)11(3,4)5/h9,15H,6,12H2,1-5H3. The van der Waals surface area contributed by atoms with Gasteiger partial charge < -0.3 is 10.8 Å². The molecule has 0 spiro atoms. The Morgan fingerprint density at radius 3 is 2.27 bits per heavy atom. The SMILES string of the molecule is Cc1nn(CC(O)C(C)(C)C)c(C)c1N. The van der Waals surface area contributed by atoms with Gasteiger partial charge in [0.05, 0.1) is 29.7 Å². The fraction of sp³-hybridized carbons (Fsp3) is 0.727. The van der Waals surface area contributed by atoms with Gasteiger partial charge in [0.2, 0.25) is 0 Å².